The van der Waals surface area contributed by atoms with Crippen LogP contribution in [0.25, 0.3) is 0 Å². The van der Waals surface area contributed by atoms with Crippen LogP contribution in [-0.4, -0.2) is 5.11 Å². The molecule has 2 saturated carbocycles. The van der Waals surface area contributed by atoms with Crippen molar-refractivity contribution in [3.05, 3.63) is 29.3 Å². The van der Waals surface area contributed by atoms with Crippen molar-refractivity contribution >= 4 is 0 Å². The summed E-state index contributed by atoms with van der Waals surface area (Å²) in [6, 6.07) is 6.41. The number of hydrogen-bond donors (Lipinski definition) is 1. The molecule has 2 fully saturated rings. The first-order chi connectivity index (χ1) is 9.33. The summed E-state index contributed by atoms with van der Waals surface area (Å²) in [6.07, 6.45) is 13.1. The molecule has 0 aliphatic heterocycles. The van der Waals surface area contributed by atoms with E-state index in [1.807, 2.05) is 0 Å². The summed E-state index contributed by atoms with van der Waals surface area (Å²) in [7, 11) is 0. The van der Waals surface area contributed by atoms with Crippen molar-refractivity contribution in [2.45, 2.75) is 64.2 Å². The normalized spacial score (nSPS) is 21.3. The van der Waals surface area contributed by atoms with Gasteiger partial charge in [0.15, 0.2) is 0 Å². The van der Waals surface area contributed by atoms with Gasteiger partial charge in [-0.05, 0) is 35.8 Å². The largest absolute Gasteiger partial charge is 0.507 e. The Morgan fingerprint density at radius 2 is 1.21 bits per heavy atom. The molecule has 104 valence electrons. The van der Waals surface area contributed by atoms with Crippen molar-refractivity contribution in [2.24, 2.45) is 11.8 Å². The molecule has 1 N–H and O–H groups in total. The number of aromatic hydroxyl groups is 1. The van der Waals surface area contributed by atoms with E-state index in [2.05, 4.69) is 18.2 Å². The highest BCUT2D eigenvalue weighted by Gasteiger charge is 2.20. The van der Waals surface area contributed by atoms with Crippen molar-refractivity contribution < 1.29 is 5.11 Å². The topological polar surface area (TPSA) is 20.2 Å². The van der Waals surface area contributed by atoms with Gasteiger partial charge >= 0.3 is 0 Å². The summed E-state index contributed by atoms with van der Waals surface area (Å²) in [4.78, 5) is 0. The van der Waals surface area contributed by atoms with Gasteiger partial charge in [0, 0.05) is 0 Å². The summed E-state index contributed by atoms with van der Waals surface area (Å²) in [5.74, 6) is 2.24. The van der Waals surface area contributed by atoms with Gasteiger partial charge in [-0.25, -0.2) is 0 Å². The molecule has 2 aliphatic carbocycles. The van der Waals surface area contributed by atoms with Crippen molar-refractivity contribution in [1.29, 1.82) is 0 Å². The molecule has 0 unspecified atom stereocenters. The van der Waals surface area contributed by atoms with Crippen LogP contribution in [0.5, 0.6) is 5.75 Å². The molecule has 0 radical (unpaired) electrons. The van der Waals surface area contributed by atoms with Crippen LogP contribution in [0.4, 0.5) is 0 Å². The molecular weight excluding hydrogens is 232 g/mol. The highest BCUT2D eigenvalue weighted by atomic mass is 16.3. The van der Waals surface area contributed by atoms with Crippen LogP contribution in [0.15, 0.2) is 18.2 Å². The monoisotopic (exact) mass is 258 g/mol. The Hall–Kier alpha value is -0.980. The van der Waals surface area contributed by atoms with E-state index in [1.54, 1.807) is 0 Å². The highest BCUT2D eigenvalue weighted by Crippen LogP contribution is 2.35. The number of hydrogen-bond acceptors (Lipinski definition) is 1. The predicted molar refractivity (Wildman–Crippen MR) is 79.4 cm³/mol. The van der Waals surface area contributed by atoms with E-state index in [9.17, 15) is 5.11 Å². The maximum absolute atomic E-state index is 10.5. The van der Waals surface area contributed by atoms with E-state index in [4.69, 9.17) is 0 Å². The van der Waals surface area contributed by atoms with E-state index < -0.39 is 0 Å². The van der Waals surface area contributed by atoms with Crippen LogP contribution in [0, 0.1) is 11.8 Å². The van der Waals surface area contributed by atoms with Gasteiger partial charge in [-0.15, -0.1) is 0 Å². The molecule has 2 aliphatic rings. The zero-order valence-corrected chi connectivity index (χ0v) is 11.9. The minimum absolute atomic E-state index is 0.612. The van der Waals surface area contributed by atoms with E-state index in [1.165, 1.54) is 62.5 Å². The molecule has 0 aromatic heterocycles. The van der Waals surface area contributed by atoms with Gasteiger partial charge in [0.25, 0.3) is 0 Å². The standard InChI is InChI=1S/C18H26O/c19-18-16(12-14-6-1-2-7-14)10-5-11-17(18)13-15-8-3-4-9-15/h5,10-11,14-15,19H,1-4,6-9,12-13H2. The SMILES string of the molecule is Oc1c(CC2CCCC2)cccc1CC1CCCC1. The van der Waals surface area contributed by atoms with Crippen LogP contribution >= 0.6 is 0 Å². The fourth-order valence-corrected chi connectivity index (χ4v) is 4.02. The smallest absolute Gasteiger partial charge is 0.121 e. The van der Waals surface area contributed by atoms with Crippen LogP contribution in [0.3, 0.4) is 0 Å². The highest BCUT2D eigenvalue weighted by molar-refractivity contribution is 5.41. The van der Waals surface area contributed by atoms with Gasteiger partial charge < -0.3 is 5.11 Å². The molecule has 0 bridgehead atoms. The molecule has 0 atom stereocenters. The Bertz CT molecular complexity index is 375. The summed E-state index contributed by atoms with van der Waals surface area (Å²) >= 11 is 0. The third-order valence-corrected chi connectivity index (χ3v) is 5.17. The zero-order valence-electron chi connectivity index (χ0n) is 11.9. The first-order valence-electron chi connectivity index (χ1n) is 8.12. The second-order valence-electron chi connectivity index (χ2n) is 6.63. The molecule has 1 heteroatoms. The van der Waals surface area contributed by atoms with E-state index in [0.29, 0.717) is 5.75 Å². The predicted octanol–water partition coefficient (Wildman–Crippen LogP) is 4.86. The number of benzene rings is 1. The van der Waals surface area contributed by atoms with Crippen molar-refractivity contribution in [2.75, 3.05) is 0 Å². The van der Waals surface area contributed by atoms with Crippen molar-refractivity contribution in [1.82, 2.24) is 0 Å². The lowest BCUT2D eigenvalue weighted by Crippen LogP contribution is -2.03. The number of phenolic OH excluding ortho intramolecular Hbond substituents is 1. The lowest BCUT2D eigenvalue weighted by atomic mass is 9.92. The Morgan fingerprint density at radius 3 is 1.63 bits per heavy atom. The van der Waals surface area contributed by atoms with E-state index >= 15 is 0 Å². The molecule has 1 aromatic rings. The molecule has 1 nitrogen and oxygen atoms in total. The van der Waals surface area contributed by atoms with Gasteiger partial charge in [-0.3, -0.25) is 0 Å². The Morgan fingerprint density at radius 1 is 0.789 bits per heavy atom. The number of rotatable bonds is 4. The fourth-order valence-electron chi connectivity index (χ4n) is 4.02. The van der Waals surface area contributed by atoms with Crippen molar-refractivity contribution in [3.8, 4) is 5.75 Å². The fraction of sp³-hybridized carbons (Fsp3) is 0.667. The molecule has 0 amide bonds. The van der Waals surface area contributed by atoms with Crippen LogP contribution < -0.4 is 0 Å². The van der Waals surface area contributed by atoms with Gasteiger partial charge in [0.1, 0.15) is 5.75 Å². The summed E-state index contributed by atoms with van der Waals surface area (Å²) in [6.45, 7) is 0. The van der Waals surface area contributed by atoms with Crippen LogP contribution in [-0.2, 0) is 12.8 Å². The minimum Gasteiger partial charge on any atom is -0.507 e. The van der Waals surface area contributed by atoms with Gasteiger partial charge in [0.2, 0.25) is 0 Å². The van der Waals surface area contributed by atoms with Gasteiger partial charge in [-0.2, -0.15) is 0 Å². The molecule has 0 heterocycles. The lowest BCUT2D eigenvalue weighted by molar-refractivity contribution is 0.440. The van der Waals surface area contributed by atoms with Gasteiger partial charge in [-0.1, -0.05) is 69.6 Å². The molecule has 19 heavy (non-hydrogen) atoms. The average Bonchev–Trinajstić information content (AvgIpc) is 3.07. The zero-order chi connectivity index (χ0) is 13.1. The molecule has 3 rings (SSSR count). The Labute approximate surface area is 117 Å². The quantitative estimate of drug-likeness (QED) is 0.818. The van der Waals surface area contributed by atoms with Crippen LogP contribution in [0.2, 0.25) is 0 Å². The average molecular weight is 258 g/mol. The summed E-state index contributed by atoms with van der Waals surface area (Å²) < 4.78 is 0. The third-order valence-electron chi connectivity index (χ3n) is 5.17. The number of para-hydroxylation sites is 1. The van der Waals surface area contributed by atoms with E-state index in [-0.39, 0.29) is 0 Å². The number of phenols is 1. The van der Waals surface area contributed by atoms with Crippen LogP contribution in [0.1, 0.15) is 62.5 Å². The third kappa shape index (κ3) is 3.13. The second kappa shape index (κ2) is 5.98. The maximum Gasteiger partial charge on any atom is 0.121 e. The summed E-state index contributed by atoms with van der Waals surface area (Å²) in [5.41, 5.74) is 2.39. The molecule has 1 aromatic carbocycles. The molecule has 0 saturated heterocycles. The first kappa shape index (κ1) is 13.0. The molecular formula is C18H26O. The minimum atomic E-state index is 0.612. The first-order valence-corrected chi connectivity index (χ1v) is 8.12. The van der Waals surface area contributed by atoms with Crippen molar-refractivity contribution in [3.63, 3.8) is 0 Å². The Kier molecular flexibility index (Phi) is 4.10. The van der Waals surface area contributed by atoms with E-state index in [0.717, 1.165) is 24.7 Å². The second-order valence-corrected chi connectivity index (χ2v) is 6.63. The Balaban J connectivity index is 1.69. The maximum atomic E-state index is 10.5. The lowest BCUT2D eigenvalue weighted by Gasteiger charge is -2.15. The van der Waals surface area contributed by atoms with Gasteiger partial charge in [0.05, 0.1) is 0 Å². The summed E-state index contributed by atoms with van der Waals surface area (Å²) in [5, 5.41) is 10.5. The molecule has 0 spiro atoms.